The lowest BCUT2D eigenvalue weighted by Crippen LogP contribution is -2.28. The van der Waals surface area contributed by atoms with E-state index in [4.69, 9.17) is 0 Å². The van der Waals surface area contributed by atoms with Gasteiger partial charge in [0.2, 0.25) is 5.91 Å². The summed E-state index contributed by atoms with van der Waals surface area (Å²) in [4.78, 5) is 11.4. The second-order valence-corrected chi connectivity index (χ2v) is 5.72. The molecular formula is C15H18N2O. The standard InChI is InChI=1S/C15H18N2O/c1-9(2)7-10-3-5-11(6-4-10)14-12-8-13(12)15(18)17-16-14/h3-6,9,12-13H,7-8H2,1-2H3,(H,17,18). The monoisotopic (exact) mass is 242 g/mol. The lowest BCUT2D eigenvalue weighted by molar-refractivity contribution is -0.122. The van der Waals surface area contributed by atoms with Crippen molar-refractivity contribution in [3.8, 4) is 0 Å². The van der Waals surface area contributed by atoms with Crippen LogP contribution in [0.25, 0.3) is 0 Å². The largest absolute Gasteiger partial charge is 0.273 e. The van der Waals surface area contributed by atoms with Gasteiger partial charge < -0.3 is 0 Å². The molecule has 1 N–H and O–H groups in total. The summed E-state index contributed by atoms with van der Waals surface area (Å²) >= 11 is 0. The fraction of sp³-hybridized carbons (Fsp3) is 0.467. The number of hydrogen-bond acceptors (Lipinski definition) is 2. The maximum atomic E-state index is 11.4. The van der Waals surface area contributed by atoms with Gasteiger partial charge in [-0.2, -0.15) is 5.10 Å². The number of rotatable bonds is 3. The molecule has 1 fully saturated rings. The molecule has 2 unspecified atom stereocenters. The Morgan fingerprint density at radius 2 is 2.00 bits per heavy atom. The second kappa shape index (κ2) is 4.23. The lowest BCUT2D eigenvalue weighted by atomic mass is 9.98. The molecule has 1 aliphatic heterocycles. The number of benzene rings is 1. The summed E-state index contributed by atoms with van der Waals surface area (Å²) < 4.78 is 0. The fourth-order valence-electron chi connectivity index (χ4n) is 2.63. The van der Waals surface area contributed by atoms with Crippen LogP contribution in [0.1, 0.15) is 31.4 Å². The molecule has 1 amide bonds. The van der Waals surface area contributed by atoms with Gasteiger partial charge in [-0.25, -0.2) is 5.43 Å². The van der Waals surface area contributed by atoms with E-state index in [1.54, 1.807) is 0 Å². The van der Waals surface area contributed by atoms with Crippen LogP contribution in [0.5, 0.6) is 0 Å². The number of carbonyl (C=O) groups is 1. The molecule has 1 saturated carbocycles. The van der Waals surface area contributed by atoms with Gasteiger partial charge in [-0.3, -0.25) is 4.79 Å². The summed E-state index contributed by atoms with van der Waals surface area (Å²) in [5.74, 6) is 1.29. The smallest absolute Gasteiger partial charge is 0.243 e. The van der Waals surface area contributed by atoms with E-state index in [0.717, 1.165) is 24.1 Å². The Balaban J connectivity index is 1.79. The van der Waals surface area contributed by atoms with Crippen molar-refractivity contribution in [3.05, 3.63) is 35.4 Å². The average molecular weight is 242 g/mol. The highest BCUT2D eigenvalue weighted by Gasteiger charge is 2.49. The molecule has 94 valence electrons. The maximum absolute atomic E-state index is 11.4. The first-order valence-electron chi connectivity index (χ1n) is 6.62. The summed E-state index contributed by atoms with van der Waals surface area (Å²) in [5, 5.41) is 4.21. The van der Waals surface area contributed by atoms with Gasteiger partial charge in [-0.1, -0.05) is 38.1 Å². The molecule has 3 heteroatoms. The third-order valence-electron chi connectivity index (χ3n) is 3.66. The van der Waals surface area contributed by atoms with Gasteiger partial charge in [0.25, 0.3) is 0 Å². The molecule has 2 atom stereocenters. The maximum Gasteiger partial charge on any atom is 0.243 e. The Labute approximate surface area is 107 Å². The molecule has 0 bridgehead atoms. The highest BCUT2D eigenvalue weighted by atomic mass is 16.2. The van der Waals surface area contributed by atoms with E-state index >= 15 is 0 Å². The SMILES string of the molecule is CC(C)Cc1ccc(C2=NNC(=O)C3CC23)cc1. The first kappa shape index (κ1) is 11.5. The van der Waals surface area contributed by atoms with E-state index in [9.17, 15) is 4.79 Å². The van der Waals surface area contributed by atoms with Crippen LogP contribution in [0.4, 0.5) is 0 Å². The molecule has 0 radical (unpaired) electrons. The molecule has 0 saturated heterocycles. The highest BCUT2D eigenvalue weighted by molar-refractivity contribution is 6.09. The predicted molar refractivity (Wildman–Crippen MR) is 71.3 cm³/mol. The lowest BCUT2D eigenvalue weighted by Gasteiger charge is -2.12. The van der Waals surface area contributed by atoms with E-state index in [1.807, 2.05) is 0 Å². The number of hydrogen-bond donors (Lipinski definition) is 1. The van der Waals surface area contributed by atoms with Crippen molar-refractivity contribution in [3.63, 3.8) is 0 Å². The van der Waals surface area contributed by atoms with Crippen LogP contribution in [0.15, 0.2) is 29.4 Å². The Morgan fingerprint density at radius 1 is 1.28 bits per heavy atom. The average Bonchev–Trinajstić information content (AvgIpc) is 3.11. The first-order valence-corrected chi connectivity index (χ1v) is 6.62. The van der Waals surface area contributed by atoms with Gasteiger partial charge in [0.1, 0.15) is 0 Å². The molecule has 3 nitrogen and oxygen atoms in total. The van der Waals surface area contributed by atoms with E-state index in [0.29, 0.717) is 11.8 Å². The third kappa shape index (κ3) is 2.05. The quantitative estimate of drug-likeness (QED) is 0.868. The molecule has 1 aromatic carbocycles. The first-order chi connectivity index (χ1) is 8.65. The van der Waals surface area contributed by atoms with Crippen molar-refractivity contribution < 1.29 is 4.79 Å². The number of amides is 1. The van der Waals surface area contributed by atoms with Crippen LogP contribution in [0, 0.1) is 17.8 Å². The fourth-order valence-corrected chi connectivity index (χ4v) is 2.63. The van der Waals surface area contributed by atoms with E-state index in [1.165, 1.54) is 5.56 Å². The van der Waals surface area contributed by atoms with Crippen molar-refractivity contribution in [2.24, 2.45) is 22.9 Å². The Kier molecular flexibility index (Phi) is 2.69. The topological polar surface area (TPSA) is 41.5 Å². The van der Waals surface area contributed by atoms with Crippen molar-refractivity contribution in [2.45, 2.75) is 26.7 Å². The molecule has 1 aromatic rings. The molecule has 1 aliphatic carbocycles. The second-order valence-electron chi connectivity index (χ2n) is 5.72. The van der Waals surface area contributed by atoms with Crippen LogP contribution in [0.2, 0.25) is 0 Å². The normalized spacial score (nSPS) is 25.5. The van der Waals surface area contributed by atoms with E-state index in [-0.39, 0.29) is 11.8 Å². The zero-order valence-corrected chi connectivity index (χ0v) is 10.8. The van der Waals surface area contributed by atoms with E-state index < -0.39 is 0 Å². The predicted octanol–water partition coefficient (Wildman–Crippen LogP) is 2.36. The summed E-state index contributed by atoms with van der Waals surface area (Å²) in [7, 11) is 0. The third-order valence-corrected chi connectivity index (χ3v) is 3.66. The summed E-state index contributed by atoms with van der Waals surface area (Å²) in [6, 6.07) is 8.60. The van der Waals surface area contributed by atoms with Gasteiger partial charge in [0.15, 0.2) is 0 Å². The Morgan fingerprint density at radius 3 is 2.67 bits per heavy atom. The summed E-state index contributed by atoms with van der Waals surface area (Å²) in [6.07, 6.45) is 2.06. The Bertz CT molecular complexity index is 502. The van der Waals surface area contributed by atoms with Gasteiger partial charge in [0.05, 0.1) is 5.71 Å². The zero-order chi connectivity index (χ0) is 12.7. The highest BCUT2D eigenvalue weighted by Crippen LogP contribution is 2.43. The van der Waals surface area contributed by atoms with Gasteiger partial charge in [0, 0.05) is 11.8 Å². The molecule has 18 heavy (non-hydrogen) atoms. The van der Waals surface area contributed by atoms with Crippen LogP contribution in [-0.4, -0.2) is 11.6 Å². The van der Waals surface area contributed by atoms with Crippen molar-refractivity contribution in [2.75, 3.05) is 0 Å². The minimum atomic E-state index is 0.0835. The number of fused-ring (bicyclic) bond motifs is 1. The van der Waals surface area contributed by atoms with Crippen LogP contribution in [-0.2, 0) is 11.2 Å². The van der Waals surface area contributed by atoms with Crippen LogP contribution >= 0.6 is 0 Å². The van der Waals surface area contributed by atoms with E-state index in [2.05, 4.69) is 48.6 Å². The van der Waals surface area contributed by atoms with Crippen molar-refractivity contribution in [1.29, 1.82) is 0 Å². The number of hydrazone groups is 1. The number of nitrogens with zero attached hydrogens (tertiary/aromatic N) is 1. The van der Waals surface area contributed by atoms with Crippen LogP contribution < -0.4 is 5.43 Å². The molecular weight excluding hydrogens is 224 g/mol. The minimum absolute atomic E-state index is 0.0835. The Hall–Kier alpha value is -1.64. The van der Waals surface area contributed by atoms with Gasteiger partial charge >= 0.3 is 0 Å². The van der Waals surface area contributed by atoms with Crippen LogP contribution in [0.3, 0.4) is 0 Å². The molecule has 1 heterocycles. The van der Waals surface area contributed by atoms with Crippen molar-refractivity contribution in [1.82, 2.24) is 5.43 Å². The molecule has 3 rings (SSSR count). The number of carbonyl (C=O) groups excluding carboxylic acids is 1. The van der Waals surface area contributed by atoms with Gasteiger partial charge in [-0.15, -0.1) is 0 Å². The zero-order valence-electron chi connectivity index (χ0n) is 10.8. The number of nitrogens with one attached hydrogen (secondary N) is 1. The molecule has 2 aliphatic rings. The van der Waals surface area contributed by atoms with Gasteiger partial charge in [-0.05, 0) is 29.9 Å². The molecule has 0 aromatic heterocycles. The molecule has 0 spiro atoms. The summed E-state index contributed by atoms with van der Waals surface area (Å²) in [5.41, 5.74) is 6.18. The summed E-state index contributed by atoms with van der Waals surface area (Å²) in [6.45, 7) is 4.45. The van der Waals surface area contributed by atoms with Crippen molar-refractivity contribution >= 4 is 11.6 Å². The minimum Gasteiger partial charge on any atom is -0.273 e.